The minimum Gasteiger partial charge on any atom is -0.348 e. The molecule has 0 radical (unpaired) electrons. The highest BCUT2D eigenvalue weighted by Crippen LogP contribution is 2.28. The van der Waals surface area contributed by atoms with Crippen LogP contribution in [0.3, 0.4) is 0 Å². The molecule has 2 aliphatic heterocycles. The third kappa shape index (κ3) is 4.79. The first-order valence-electron chi connectivity index (χ1n) is 10.0. The van der Waals surface area contributed by atoms with E-state index in [1.165, 1.54) is 4.31 Å². The number of likely N-dealkylation sites (N-methyl/N-ethyl adjacent to an activating group) is 1. The Bertz CT molecular complexity index is 884. The number of sulfonamides is 1. The van der Waals surface area contributed by atoms with Gasteiger partial charge in [-0.3, -0.25) is 14.5 Å². The molecule has 160 valence electrons. The van der Waals surface area contributed by atoms with Crippen molar-refractivity contribution in [2.75, 3.05) is 58.3 Å². The molecule has 2 fully saturated rings. The van der Waals surface area contributed by atoms with Gasteiger partial charge in [0.1, 0.15) is 0 Å². The van der Waals surface area contributed by atoms with Crippen molar-refractivity contribution in [3.8, 4) is 0 Å². The first-order valence-corrected chi connectivity index (χ1v) is 11.5. The lowest BCUT2D eigenvalue weighted by Crippen LogP contribution is -2.39. The number of aryl methyl sites for hydroxylation is 1. The Labute approximate surface area is 173 Å². The van der Waals surface area contributed by atoms with Crippen LogP contribution in [0.1, 0.15) is 24.8 Å². The summed E-state index contributed by atoms with van der Waals surface area (Å²) in [7, 11) is -0.188. The van der Waals surface area contributed by atoms with Gasteiger partial charge in [0.05, 0.1) is 11.4 Å². The summed E-state index contributed by atoms with van der Waals surface area (Å²) in [6.07, 6.45) is 2.05. The highest BCUT2D eigenvalue weighted by molar-refractivity contribution is 7.89. The van der Waals surface area contributed by atoms with Crippen LogP contribution in [-0.4, -0.2) is 87.7 Å². The normalized spacial score (nSPS) is 19.4. The monoisotopic (exact) mass is 422 g/mol. The second-order valence-corrected chi connectivity index (χ2v) is 9.83. The van der Waals surface area contributed by atoms with Gasteiger partial charge in [-0.25, -0.2) is 8.42 Å². The standard InChI is InChI=1S/C20H30N4O4S/c1-16-14-17(24-11-4-6-19(24)25)7-8-18(16)29(27,28)23-10-5-9-22(12-13-23)15-20(26)21(2)3/h7-8,14H,4-6,9-13,15H2,1-3H3. The molecule has 29 heavy (non-hydrogen) atoms. The van der Waals surface area contributed by atoms with Gasteiger partial charge in [-0.1, -0.05) is 0 Å². The van der Waals surface area contributed by atoms with E-state index in [-0.39, 0.29) is 16.7 Å². The molecule has 0 aromatic heterocycles. The number of benzene rings is 1. The van der Waals surface area contributed by atoms with Crippen molar-refractivity contribution in [1.82, 2.24) is 14.1 Å². The van der Waals surface area contributed by atoms with E-state index in [2.05, 4.69) is 0 Å². The van der Waals surface area contributed by atoms with Gasteiger partial charge < -0.3 is 9.80 Å². The Balaban J connectivity index is 1.73. The maximum atomic E-state index is 13.2. The number of rotatable bonds is 5. The number of anilines is 1. The zero-order valence-corrected chi connectivity index (χ0v) is 18.2. The second kappa shape index (κ2) is 8.81. The summed E-state index contributed by atoms with van der Waals surface area (Å²) in [5.74, 6) is 0.101. The van der Waals surface area contributed by atoms with Gasteiger partial charge in [-0.05, 0) is 50.1 Å². The van der Waals surface area contributed by atoms with Gasteiger partial charge in [0.25, 0.3) is 0 Å². The number of hydrogen-bond donors (Lipinski definition) is 0. The lowest BCUT2D eigenvalue weighted by molar-refractivity contribution is -0.129. The smallest absolute Gasteiger partial charge is 0.243 e. The third-order valence-corrected chi connectivity index (χ3v) is 7.63. The van der Waals surface area contributed by atoms with E-state index in [0.29, 0.717) is 57.7 Å². The van der Waals surface area contributed by atoms with Gasteiger partial charge in [0.2, 0.25) is 21.8 Å². The van der Waals surface area contributed by atoms with Crippen LogP contribution in [0.2, 0.25) is 0 Å². The Hall–Kier alpha value is -1.97. The molecule has 0 unspecified atom stereocenters. The highest BCUT2D eigenvalue weighted by atomic mass is 32.2. The van der Waals surface area contributed by atoms with Crippen LogP contribution in [0.15, 0.2) is 23.1 Å². The zero-order valence-electron chi connectivity index (χ0n) is 17.4. The summed E-state index contributed by atoms with van der Waals surface area (Å²) in [5.41, 5.74) is 1.40. The quantitative estimate of drug-likeness (QED) is 0.705. The van der Waals surface area contributed by atoms with Crippen molar-refractivity contribution in [3.05, 3.63) is 23.8 Å². The molecule has 0 aliphatic carbocycles. The second-order valence-electron chi connectivity index (χ2n) is 7.92. The van der Waals surface area contributed by atoms with Gasteiger partial charge >= 0.3 is 0 Å². The van der Waals surface area contributed by atoms with Crippen LogP contribution in [0.4, 0.5) is 5.69 Å². The van der Waals surface area contributed by atoms with Gasteiger partial charge in [0, 0.05) is 52.4 Å². The minimum atomic E-state index is -3.63. The van der Waals surface area contributed by atoms with Gasteiger partial charge in [-0.15, -0.1) is 0 Å². The molecule has 9 heteroatoms. The summed E-state index contributed by atoms with van der Waals surface area (Å²) in [4.78, 5) is 29.5. The van der Waals surface area contributed by atoms with E-state index in [9.17, 15) is 18.0 Å². The minimum absolute atomic E-state index is 0.0178. The molecule has 1 aromatic carbocycles. The molecule has 0 saturated carbocycles. The first kappa shape index (κ1) is 21.7. The Kier molecular flexibility index (Phi) is 6.60. The van der Waals surface area contributed by atoms with Crippen molar-refractivity contribution in [2.24, 2.45) is 0 Å². The van der Waals surface area contributed by atoms with E-state index in [4.69, 9.17) is 0 Å². The SMILES string of the molecule is Cc1cc(N2CCCC2=O)ccc1S(=O)(=O)N1CCCN(CC(=O)N(C)C)CC1. The molecule has 0 N–H and O–H groups in total. The van der Waals surface area contributed by atoms with E-state index in [1.54, 1.807) is 49.0 Å². The number of carbonyl (C=O) groups is 2. The topological polar surface area (TPSA) is 81.2 Å². The van der Waals surface area contributed by atoms with Gasteiger partial charge in [-0.2, -0.15) is 4.31 Å². The highest BCUT2D eigenvalue weighted by Gasteiger charge is 2.30. The molecule has 8 nitrogen and oxygen atoms in total. The number of nitrogens with zero attached hydrogens (tertiary/aromatic N) is 4. The van der Waals surface area contributed by atoms with Crippen LogP contribution >= 0.6 is 0 Å². The third-order valence-electron chi connectivity index (χ3n) is 5.57. The summed E-state index contributed by atoms with van der Waals surface area (Å²) < 4.78 is 28.0. The Morgan fingerprint density at radius 1 is 1.07 bits per heavy atom. The Morgan fingerprint density at radius 3 is 2.45 bits per heavy atom. The van der Waals surface area contributed by atoms with Crippen LogP contribution in [0, 0.1) is 6.92 Å². The number of carbonyl (C=O) groups excluding carboxylic acids is 2. The van der Waals surface area contributed by atoms with Crippen LogP contribution in [0.5, 0.6) is 0 Å². The summed E-state index contributed by atoms with van der Waals surface area (Å²) >= 11 is 0. The van der Waals surface area contributed by atoms with Crippen molar-refractivity contribution < 1.29 is 18.0 Å². The van der Waals surface area contributed by atoms with Gasteiger partial charge in [0.15, 0.2) is 0 Å². The fourth-order valence-corrected chi connectivity index (χ4v) is 5.51. The maximum absolute atomic E-state index is 13.2. The van der Waals surface area contributed by atoms with Crippen LogP contribution in [-0.2, 0) is 19.6 Å². The fourth-order valence-electron chi connectivity index (χ4n) is 3.83. The van der Waals surface area contributed by atoms with E-state index < -0.39 is 10.0 Å². The molecule has 2 aliphatic rings. The molecule has 2 heterocycles. The zero-order chi connectivity index (χ0) is 21.2. The largest absolute Gasteiger partial charge is 0.348 e. The predicted octanol–water partition coefficient (Wildman–Crippen LogP) is 0.906. The van der Waals surface area contributed by atoms with Crippen molar-refractivity contribution in [2.45, 2.75) is 31.1 Å². The molecule has 1 aromatic rings. The summed E-state index contributed by atoms with van der Waals surface area (Å²) in [6.45, 7) is 4.77. The van der Waals surface area contributed by atoms with E-state index >= 15 is 0 Å². The lowest BCUT2D eigenvalue weighted by atomic mass is 10.2. The number of hydrogen-bond acceptors (Lipinski definition) is 5. The maximum Gasteiger partial charge on any atom is 0.243 e. The predicted molar refractivity (Wildman–Crippen MR) is 111 cm³/mol. The average Bonchev–Trinajstić information content (AvgIpc) is 2.94. The molecular weight excluding hydrogens is 392 g/mol. The molecule has 3 rings (SSSR count). The van der Waals surface area contributed by atoms with Crippen molar-refractivity contribution in [1.29, 1.82) is 0 Å². The average molecular weight is 423 g/mol. The first-order chi connectivity index (χ1) is 13.7. The van der Waals surface area contributed by atoms with E-state index in [0.717, 1.165) is 12.1 Å². The Morgan fingerprint density at radius 2 is 1.83 bits per heavy atom. The molecule has 0 bridgehead atoms. The van der Waals surface area contributed by atoms with Crippen LogP contribution < -0.4 is 4.90 Å². The van der Waals surface area contributed by atoms with Crippen LogP contribution in [0.25, 0.3) is 0 Å². The molecule has 2 saturated heterocycles. The lowest BCUT2D eigenvalue weighted by Gasteiger charge is -2.23. The summed E-state index contributed by atoms with van der Waals surface area (Å²) in [5, 5.41) is 0. The molecule has 0 spiro atoms. The fraction of sp³-hybridized carbons (Fsp3) is 0.600. The molecule has 2 amide bonds. The summed E-state index contributed by atoms with van der Waals surface area (Å²) in [6, 6.07) is 5.13. The van der Waals surface area contributed by atoms with E-state index in [1.807, 2.05) is 4.90 Å². The molecular formula is C20H30N4O4S. The number of amides is 2. The van der Waals surface area contributed by atoms with Crippen molar-refractivity contribution >= 4 is 27.5 Å². The molecule has 0 atom stereocenters. The van der Waals surface area contributed by atoms with Crippen molar-refractivity contribution in [3.63, 3.8) is 0 Å².